The second kappa shape index (κ2) is 10.3. The zero-order valence-corrected chi connectivity index (χ0v) is 15.7. The lowest BCUT2D eigenvalue weighted by Crippen LogP contribution is -2.43. The van der Waals surface area contributed by atoms with Gasteiger partial charge in [0.05, 0.1) is 0 Å². The SMILES string of the molecule is CNc1nc(NCCCCC(=O)O)nc(NCC2CCN(C(=N)N)CC2)n1. The van der Waals surface area contributed by atoms with Crippen molar-refractivity contribution in [1.82, 2.24) is 19.9 Å². The number of likely N-dealkylation sites (tertiary alicyclic amines) is 1. The van der Waals surface area contributed by atoms with Crippen LogP contribution in [-0.4, -0.2) is 70.1 Å². The van der Waals surface area contributed by atoms with Crippen molar-refractivity contribution in [2.45, 2.75) is 32.1 Å². The minimum Gasteiger partial charge on any atom is -0.481 e. The van der Waals surface area contributed by atoms with E-state index in [1.807, 2.05) is 4.90 Å². The fourth-order valence-electron chi connectivity index (χ4n) is 2.86. The first kappa shape index (κ1) is 20.5. The molecule has 2 rings (SSSR count). The highest BCUT2D eigenvalue weighted by atomic mass is 16.4. The predicted molar refractivity (Wildman–Crippen MR) is 104 cm³/mol. The first-order chi connectivity index (χ1) is 13.0. The Kier molecular flexibility index (Phi) is 7.83. The topological polar surface area (TPSA) is 165 Å². The molecule has 0 saturated carbocycles. The smallest absolute Gasteiger partial charge is 0.303 e. The van der Waals surface area contributed by atoms with Crippen LogP contribution in [0, 0.1) is 11.3 Å². The number of carboxylic acids is 1. The summed E-state index contributed by atoms with van der Waals surface area (Å²) in [6.45, 7) is 2.94. The first-order valence-corrected chi connectivity index (χ1v) is 9.20. The van der Waals surface area contributed by atoms with E-state index in [9.17, 15) is 4.79 Å². The van der Waals surface area contributed by atoms with Gasteiger partial charge in [-0.2, -0.15) is 15.0 Å². The Morgan fingerprint density at radius 1 is 1.19 bits per heavy atom. The molecule has 0 unspecified atom stereocenters. The average molecular weight is 379 g/mol. The number of anilines is 3. The van der Waals surface area contributed by atoms with E-state index in [4.69, 9.17) is 16.2 Å². The van der Waals surface area contributed by atoms with Gasteiger partial charge in [-0.05, 0) is 31.6 Å². The highest BCUT2D eigenvalue weighted by molar-refractivity contribution is 5.74. The van der Waals surface area contributed by atoms with Crippen LogP contribution in [0.3, 0.4) is 0 Å². The summed E-state index contributed by atoms with van der Waals surface area (Å²) in [6.07, 6.45) is 3.42. The van der Waals surface area contributed by atoms with Gasteiger partial charge in [0.25, 0.3) is 0 Å². The maximum absolute atomic E-state index is 10.5. The molecule has 7 N–H and O–H groups in total. The summed E-state index contributed by atoms with van der Waals surface area (Å²) in [4.78, 5) is 25.4. The Balaban J connectivity index is 1.81. The Morgan fingerprint density at radius 3 is 2.41 bits per heavy atom. The number of rotatable bonds is 10. The van der Waals surface area contributed by atoms with Crippen molar-refractivity contribution < 1.29 is 9.90 Å². The summed E-state index contributed by atoms with van der Waals surface area (Å²) in [5.74, 6) is 1.24. The Labute approximate surface area is 158 Å². The standard InChI is InChI=1S/C16H29N9O2/c1-19-14-22-15(20-7-3-2-4-12(26)27)24-16(23-14)21-10-11-5-8-25(9-6-11)13(17)18/h11H,2-10H2,1H3,(H3,17,18)(H,26,27)(H3,19,20,21,22,23,24). The second-order valence-electron chi connectivity index (χ2n) is 6.53. The van der Waals surface area contributed by atoms with Gasteiger partial charge in [-0.3, -0.25) is 10.2 Å². The minimum atomic E-state index is -0.784. The Hall–Kier alpha value is -2.85. The van der Waals surface area contributed by atoms with Crippen molar-refractivity contribution in [2.24, 2.45) is 11.7 Å². The number of nitrogens with two attached hydrogens (primary N) is 1. The van der Waals surface area contributed by atoms with E-state index in [0.29, 0.717) is 36.7 Å². The van der Waals surface area contributed by atoms with Crippen molar-refractivity contribution in [1.29, 1.82) is 5.41 Å². The Bertz CT molecular complexity index is 632. The van der Waals surface area contributed by atoms with Gasteiger partial charge in [-0.15, -0.1) is 0 Å². The monoisotopic (exact) mass is 379 g/mol. The number of nitrogens with zero attached hydrogens (tertiary/aromatic N) is 4. The molecule has 0 spiro atoms. The average Bonchev–Trinajstić information content (AvgIpc) is 2.66. The number of aliphatic carboxylic acids is 1. The summed E-state index contributed by atoms with van der Waals surface area (Å²) >= 11 is 0. The molecule has 0 aliphatic carbocycles. The number of hydrogen-bond donors (Lipinski definition) is 6. The van der Waals surface area contributed by atoms with E-state index in [-0.39, 0.29) is 12.4 Å². The molecule has 0 bridgehead atoms. The maximum atomic E-state index is 10.5. The molecular formula is C16H29N9O2. The molecule has 150 valence electrons. The number of nitrogens with one attached hydrogen (secondary N) is 4. The molecule has 1 aliphatic rings. The molecule has 1 aliphatic heterocycles. The number of guanidine groups is 1. The van der Waals surface area contributed by atoms with E-state index in [1.165, 1.54) is 0 Å². The summed E-state index contributed by atoms with van der Waals surface area (Å²) < 4.78 is 0. The number of hydrogen-bond acceptors (Lipinski definition) is 8. The number of carboxylic acid groups (broad SMARTS) is 1. The molecule has 1 fully saturated rings. The van der Waals surface area contributed by atoms with Gasteiger partial charge in [-0.1, -0.05) is 0 Å². The zero-order valence-electron chi connectivity index (χ0n) is 15.7. The van der Waals surface area contributed by atoms with Crippen molar-refractivity contribution in [3.63, 3.8) is 0 Å². The Morgan fingerprint density at radius 2 is 1.81 bits per heavy atom. The molecule has 0 atom stereocenters. The van der Waals surface area contributed by atoms with Crippen molar-refractivity contribution in [2.75, 3.05) is 49.2 Å². The third-order valence-electron chi connectivity index (χ3n) is 4.46. The van der Waals surface area contributed by atoms with Crippen LogP contribution in [-0.2, 0) is 4.79 Å². The first-order valence-electron chi connectivity index (χ1n) is 9.20. The van der Waals surface area contributed by atoms with E-state index >= 15 is 0 Å². The van der Waals surface area contributed by atoms with Gasteiger partial charge >= 0.3 is 5.97 Å². The van der Waals surface area contributed by atoms with Crippen LogP contribution in [0.5, 0.6) is 0 Å². The van der Waals surface area contributed by atoms with Crippen LogP contribution in [0.1, 0.15) is 32.1 Å². The van der Waals surface area contributed by atoms with Crippen LogP contribution in [0.4, 0.5) is 17.8 Å². The van der Waals surface area contributed by atoms with Gasteiger partial charge in [-0.25, -0.2) is 0 Å². The lowest BCUT2D eigenvalue weighted by atomic mass is 9.97. The largest absolute Gasteiger partial charge is 0.481 e. The van der Waals surface area contributed by atoms with Gasteiger partial charge in [0.1, 0.15) is 0 Å². The van der Waals surface area contributed by atoms with Crippen LogP contribution in [0.25, 0.3) is 0 Å². The van der Waals surface area contributed by atoms with Gasteiger partial charge in [0.15, 0.2) is 5.96 Å². The predicted octanol–water partition coefficient (Wildman–Crippen LogP) is 0.597. The third-order valence-corrected chi connectivity index (χ3v) is 4.46. The molecule has 0 aromatic carbocycles. The van der Waals surface area contributed by atoms with Gasteiger partial charge in [0, 0.05) is 39.6 Å². The third kappa shape index (κ3) is 7.12. The molecule has 27 heavy (non-hydrogen) atoms. The number of unbranched alkanes of at least 4 members (excludes halogenated alkanes) is 1. The zero-order chi connectivity index (χ0) is 19.6. The van der Waals surface area contributed by atoms with Crippen molar-refractivity contribution >= 4 is 29.8 Å². The van der Waals surface area contributed by atoms with E-state index in [1.54, 1.807) is 7.05 Å². The molecule has 11 heteroatoms. The molecule has 1 aromatic rings. The maximum Gasteiger partial charge on any atom is 0.303 e. The normalized spacial score (nSPS) is 14.6. The lowest BCUT2D eigenvalue weighted by molar-refractivity contribution is -0.137. The van der Waals surface area contributed by atoms with Gasteiger partial charge in [0.2, 0.25) is 17.8 Å². The van der Waals surface area contributed by atoms with E-state index in [0.717, 1.165) is 38.9 Å². The van der Waals surface area contributed by atoms with E-state index < -0.39 is 5.97 Å². The fraction of sp³-hybridized carbons (Fsp3) is 0.688. The van der Waals surface area contributed by atoms with Crippen LogP contribution in [0.15, 0.2) is 0 Å². The van der Waals surface area contributed by atoms with Crippen LogP contribution < -0.4 is 21.7 Å². The molecule has 11 nitrogen and oxygen atoms in total. The summed E-state index contributed by atoms with van der Waals surface area (Å²) in [5, 5.41) is 25.4. The minimum absolute atomic E-state index is 0.136. The van der Waals surface area contributed by atoms with Crippen LogP contribution >= 0.6 is 0 Å². The second-order valence-corrected chi connectivity index (χ2v) is 6.53. The summed E-state index contributed by atoms with van der Waals surface area (Å²) in [5.41, 5.74) is 5.52. The molecule has 0 radical (unpaired) electrons. The summed E-state index contributed by atoms with van der Waals surface area (Å²) in [6, 6.07) is 0. The fourth-order valence-corrected chi connectivity index (χ4v) is 2.86. The molecular weight excluding hydrogens is 350 g/mol. The molecule has 2 heterocycles. The molecule has 0 amide bonds. The van der Waals surface area contributed by atoms with Gasteiger partial charge < -0.3 is 31.7 Å². The number of aromatic nitrogens is 3. The number of piperidine rings is 1. The van der Waals surface area contributed by atoms with Crippen LogP contribution in [0.2, 0.25) is 0 Å². The molecule has 1 saturated heterocycles. The van der Waals surface area contributed by atoms with Crippen molar-refractivity contribution in [3.8, 4) is 0 Å². The quantitative estimate of drug-likeness (QED) is 0.192. The van der Waals surface area contributed by atoms with E-state index in [2.05, 4.69) is 30.9 Å². The van der Waals surface area contributed by atoms with Crippen molar-refractivity contribution in [3.05, 3.63) is 0 Å². The number of carbonyl (C=O) groups is 1. The molecule has 1 aromatic heterocycles. The lowest BCUT2D eigenvalue weighted by Gasteiger charge is -2.32. The highest BCUT2D eigenvalue weighted by Gasteiger charge is 2.20. The summed E-state index contributed by atoms with van der Waals surface area (Å²) in [7, 11) is 1.74. The highest BCUT2D eigenvalue weighted by Crippen LogP contribution is 2.18.